The SMILES string of the molecule is CC1CCN(CCNC(C)c2cccs2)C(C)C1. The van der Waals surface area contributed by atoms with E-state index >= 15 is 0 Å². The molecule has 1 aliphatic heterocycles. The molecule has 3 unspecified atom stereocenters. The van der Waals surface area contributed by atoms with Gasteiger partial charge in [0.05, 0.1) is 0 Å². The highest BCUT2D eigenvalue weighted by Crippen LogP contribution is 2.22. The Kier molecular flexibility index (Phi) is 5.22. The molecule has 1 fully saturated rings. The minimum absolute atomic E-state index is 0.490. The third-order valence-corrected chi connectivity index (χ3v) is 5.15. The minimum atomic E-state index is 0.490. The van der Waals surface area contributed by atoms with Gasteiger partial charge in [-0.2, -0.15) is 0 Å². The van der Waals surface area contributed by atoms with Gasteiger partial charge in [0.2, 0.25) is 0 Å². The summed E-state index contributed by atoms with van der Waals surface area (Å²) in [6.07, 6.45) is 2.73. The van der Waals surface area contributed by atoms with E-state index in [1.54, 1.807) is 0 Å². The van der Waals surface area contributed by atoms with Gasteiger partial charge in [-0.1, -0.05) is 13.0 Å². The molecule has 3 heteroatoms. The first-order valence-electron chi connectivity index (χ1n) is 7.17. The second-order valence-corrected chi connectivity index (χ2v) is 6.69. The molecule has 0 spiro atoms. The molecule has 0 bridgehead atoms. The van der Waals surface area contributed by atoms with E-state index in [2.05, 4.69) is 48.5 Å². The zero-order chi connectivity index (χ0) is 13.0. The predicted octanol–water partition coefficient (Wildman–Crippen LogP) is 3.52. The van der Waals surface area contributed by atoms with Crippen LogP contribution in [0.3, 0.4) is 0 Å². The molecule has 1 N–H and O–H groups in total. The summed E-state index contributed by atoms with van der Waals surface area (Å²) in [5.74, 6) is 0.911. The topological polar surface area (TPSA) is 15.3 Å². The number of hydrogen-bond acceptors (Lipinski definition) is 3. The summed E-state index contributed by atoms with van der Waals surface area (Å²) in [5, 5.41) is 5.79. The van der Waals surface area contributed by atoms with Gasteiger partial charge in [-0.25, -0.2) is 0 Å². The van der Waals surface area contributed by atoms with Crippen LogP contribution in [0.1, 0.15) is 44.5 Å². The fourth-order valence-corrected chi connectivity index (χ4v) is 3.61. The van der Waals surface area contributed by atoms with Gasteiger partial charge < -0.3 is 5.32 Å². The van der Waals surface area contributed by atoms with Crippen LogP contribution in [0, 0.1) is 5.92 Å². The normalized spacial score (nSPS) is 27.3. The monoisotopic (exact) mass is 266 g/mol. The average Bonchev–Trinajstić information content (AvgIpc) is 2.85. The summed E-state index contributed by atoms with van der Waals surface area (Å²) in [4.78, 5) is 4.07. The molecule has 1 saturated heterocycles. The lowest BCUT2D eigenvalue weighted by Crippen LogP contribution is -2.43. The van der Waals surface area contributed by atoms with Crippen molar-refractivity contribution in [3.63, 3.8) is 0 Å². The van der Waals surface area contributed by atoms with Crippen LogP contribution >= 0.6 is 11.3 Å². The van der Waals surface area contributed by atoms with Gasteiger partial charge in [0.1, 0.15) is 0 Å². The smallest absolute Gasteiger partial charge is 0.0386 e. The molecule has 1 aliphatic rings. The zero-order valence-corrected chi connectivity index (χ0v) is 12.7. The van der Waals surface area contributed by atoms with Gasteiger partial charge in [0.25, 0.3) is 0 Å². The zero-order valence-electron chi connectivity index (χ0n) is 11.9. The quantitative estimate of drug-likeness (QED) is 0.877. The molecule has 2 rings (SSSR count). The number of likely N-dealkylation sites (tertiary alicyclic amines) is 1. The first-order chi connectivity index (χ1) is 8.66. The lowest BCUT2D eigenvalue weighted by atomic mass is 9.93. The Morgan fingerprint density at radius 3 is 3.00 bits per heavy atom. The van der Waals surface area contributed by atoms with E-state index in [1.165, 1.54) is 30.8 Å². The largest absolute Gasteiger partial charge is 0.308 e. The Morgan fingerprint density at radius 2 is 2.33 bits per heavy atom. The molecule has 102 valence electrons. The fourth-order valence-electron chi connectivity index (χ4n) is 2.85. The number of piperidine rings is 1. The van der Waals surface area contributed by atoms with Crippen molar-refractivity contribution in [2.75, 3.05) is 19.6 Å². The van der Waals surface area contributed by atoms with Crippen molar-refractivity contribution in [3.8, 4) is 0 Å². The molecule has 0 aliphatic carbocycles. The van der Waals surface area contributed by atoms with Crippen LogP contribution in [-0.2, 0) is 0 Å². The number of rotatable bonds is 5. The summed E-state index contributed by atoms with van der Waals surface area (Å²) in [5.41, 5.74) is 0. The number of nitrogens with zero attached hydrogens (tertiary/aromatic N) is 1. The summed E-state index contributed by atoms with van der Waals surface area (Å²) in [7, 11) is 0. The molecule has 0 aromatic carbocycles. The maximum Gasteiger partial charge on any atom is 0.0386 e. The maximum atomic E-state index is 3.63. The number of nitrogens with one attached hydrogen (secondary N) is 1. The van der Waals surface area contributed by atoms with E-state index in [-0.39, 0.29) is 0 Å². The Hall–Kier alpha value is -0.380. The van der Waals surface area contributed by atoms with E-state index in [4.69, 9.17) is 0 Å². The average molecular weight is 266 g/mol. The molecule has 3 atom stereocenters. The van der Waals surface area contributed by atoms with Crippen LogP contribution in [0.25, 0.3) is 0 Å². The molecule has 18 heavy (non-hydrogen) atoms. The standard InChI is InChI=1S/C15H26N2S/c1-12-6-8-17(13(2)11-12)9-7-16-14(3)15-5-4-10-18-15/h4-5,10,12-14,16H,6-9,11H2,1-3H3. The van der Waals surface area contributed by atoms with Crippen LogP contribution in [-0.4, -0.2) is 30.6 Å². The van der Waals surface area contributed by atoms with Gasteiger partial charge in [0.15, 0.2) is 0 Å². The summed E-state index contributed by atoms with van der Waals surface area (Å²) in [6.45, 7) is 10.6. The molecular weight excluding hydrogens is 240 g/mol. The third kappa shape index (κ3) is 3.81. The number of hydrogen-bond donors (Lipinski definition) is 1. The van der Waals surface area contributed by atoms with Crippen molar-refractivity contribution in [1.29, 1.82) is 0 Å². The molecular formula is C15H26N2S. The highest BCUT2D eigenvalue weighted by Gasteiger charge is 2.22. The van der Waals surface area contributed by atoms with Gasteiger partial charge in [-0.15, -0.1) is 11.3 Å². The van der Waals surface area contributed by atoms with Crippen LogP contribution < -0.4 is 5.32 Å². The Bertz CT molecular complexity index is 336. The Morgan fingerprint density at radius 1 is 1.50 bits per heavy atom. The Balaban J connectivity index is 1.69. The van der Waals surface area contributed by atoms with Crippen molar-refractivity contribution in [2.24, 2.45) is 5.92 Å². The van der Waals surface area contributed by atoms with Gasteiger partial charge in [0, 0.05) is 30.1 Å². The van der Waals surface area contributed by atoms with Gasteiger partial charge >= 0.3 is 0 Å². The van der Waals surface area contributed by atoms with E-state index in [1.807, 2.05) is 11.3 Å². The summed E-state index contributed by atoms with van der Waals surface area (Å²) in [6, 6.07) is 5.59. The highest BCUT2D eigenvalue weighted by molar-refractivity contribution is 7.10. The Labute approximate surface area is 115 Å². The first kappa shape index (κ1) is 14.0. The highest BCUT2D eigenvalue weighted by atomic mass is 32.1. The van der Waals surface area contributed by atoms with Crippen LogP contribution in [0.4, 0.5) is 0 Å². The number of thiophene rings is 1. The van der Waals surface area contributed by atoms with E-state index in [0.29, 0.717) is 6.04 Å². The van der Waals surface area contributed by atoms with Crippen molar-refractivity contribution >= 4 is 11.3 Å². The van der Waals surface area contributed by atoms with Crippen LogP contribution in [0.2, 0.25) is 0 Å². The van der Waals surface area contributed by atoms with E-state index in [0.717, 1.165) is 18.5 Å². The molecule has 1 aromatic rings. The van der Waals surface area contributed by atoms with E-state index in [9.17, 15) is 0 Å². The molecule has 2 nitrogen and oxygen atoms in total. The summed E-state index contributed by atoms with van der Waals surface area (Å²) >= 11 is 1.84. The maximum absolute atomic E-state index is 3.63. The van der Waals surface area contributed by atoms with Crippen molar-refractivity contribution in [3.05, 3.63) is 22.4 Å². The van der Waals surface area contributed by atoms with Crippen LogP contribution in [0.5, 0.6) is 0 Å². The third-order valence-electron chi connectivity index (χ3n) is 4.10. The molecule has 0 saturated carbocycles. The molecule has 2 heterocycles. The second-order valence-electron chi connectivity index (χ2n) is 5.71. The van der Waals surface area contributed by atoms with Gasteiger partial charge in [-0.3, -0.25) is 4.90 Å². The summed E-state index contributed by atoms with van der Waals surface area (Å²) < 4.78 is 0. The first-order valence-corrected chi connectivity index (χ1v) is 8.05. The fraction of sp³-hybridized carbons (Fsp3) is 0.733. The van der Waals surface area contributed by atoms with E-state index < -0.39 is 0 Å². The van der Waals surface area contributed by atoms with Crippen molar-refractivity contribution in [2.45, 2.75) is 45.7 Å². The lowest BCUT2D eigenvalue weighted by molar-refractivity contribution is 0.129. The van der Waals surface area contributed by atoms with Crippen molar-refractivity contribution in [1.82, 2.24) is 10.2 Å². The molecule has 1 aromatic heterocycles. The molecule has 0 amide bonds. The molecule has 0 radical (unpaired) electrons. The lowest BCUT2D eigenvalue weighted by Gasteiger charge is -2.36. The van der Waals surface area contributed by atoms with Crippen LogP contribution in [0.15, 0.2) is 17.5 Å². The second kappa shape index (κ2) is 6.69. The predicted molar refractivity (Wildman–Crippen MR) is 80.2 cm³/mol. The van der Waals surface area contributed by atoms with Gasteiger partial charge in [-0.05, 0) is 50.6 Å². The minimum Gasteiger partial charge on any atom is -0.308 e. The van der Waals surface area contributed by atoms with Crippen molar-refractivity contribution < 1.29 is 0 Å².